The average Bonchev–Trinajstić information content (AvgIpc) is 2.98. The van der Waals surface area contributed by atoms with Gasteiger partial charge < -0.3 is 4.74 Å². The molecule has 8 heteroatoms. The fraction of sp³-hybridized carbons (Fsp3) is 0.281. The van der Waals surface area contributed by atoms with Gasteiger partial charge in [0.2, 0.25) is 0 Å². The molecule has 0 radical (unpaired) electrons. The lowest BCUT2D eigenvalue weighted by Crippen LogP contribution is -2.50. The number of nitrogens with one attached hydrogen (secondary N) is 1. The van der Waals surface area contributed by atoms with Gasteiger partial charge >= 0.3 is 5.97 Å². The lowest BCUT2D eigenvalue weighted by molar-refractivity contribution is 0.0597. The summed E-state index contributed by atoms with van der Waals surface area (Å²) in [4.78, 5) is 33.2. The number of carbonyl (C=O) groups is 2. The summed E-state index contributed by atoms with van der Waals surface area (Å²) in [6.07, 6.45) is 1.24. The number of fused-ring (bicyclic) bond motifs is 2. The van der Waals surface area contributed by atoms with Crippen molar-refractivity contribution >= 4 is 45.9 Å². The zero-order valence-corrected chi connectivity index (χ0v) is 24.0. The van der Waals surface area contributed by atoms with Crippen molar-refractivity contribution in [2.24, 2.45) is 0 Å². The van der Waals surface area contributed by atoms with Crippen LogP contribution in [0.25, 0.3) is 10.9 Å². The summed E-state index contributed by atoms with van der Waals surface area (Å²) < 4.78 is 5.21. The number of ketones is 1. The van der Waals surface area contributed by atoms with Crippen molar-refractivity contribution in [2.75, 3.05) is 20.2 Å². The first-order valence-electron chi connectivity index (χ1n) is 13.3. The summed E-state index contributed by atoms with van der Waals surface area (Å²) in [5.41, 5.74) is 4.86. The predicted octanol–water partition coefficient (Wildman–Crippen LogP) is 6.68. The van der Waals surface area contributed by atoms with E-state index in [0.29, 0.717) is 40.6 Å². The van der Waals surface area contributed by atoms with Crippen molar-refractivity contribution in [2.45, 2.75) is 38.4 Å². The van der Waals surface area contributed by atoms with Gasteiger partial charge in [-0.15, -0.1) is 0 Å². The van der Waals surface area contributed by atoms with Crippen LogP contribution in [0.2, 0.25) is 10.0 Å². The molecule has 0 saturated carbocycles. The number of para-hydroxylation sites is 1. The Kier molecular flexibility index (Phi) is 8.81. The van der Waals surface area contributed by atoms with E-state index < -0.39 is 0 Å². The van der Waals surface area contributed by atoms with E-state index in [1.807, 2.05) is 72.8 Å². The van der Waals surface area contributed by atoms with E-state index in [0.717, 1.165) is 34.3 Å². The van der Waals surface area contributed by atoms with Crippen LogP contribution in [0.4, 0.5) is 0 Å². The molecule has 6 nitrogen and oxygen atoms in total. The Balaban J connectivity index is 1.45. The number of esters is 1. The van der Waals surface area contributed by atoms with Crippen LogP contribution in [0.15, 0.2) is 72.8 Å². The van der Waals surface area contributed by atoms with Crippen molar-refractivity contribution in [3.8, 4) is 0 Å². The molecule has 0 spiro atoms. The number of nitrogens with zero attached hydrogens (tertiary/aromatic N) is 2. The SMILES string of the molecule is COC(=O)c1c2c(nc3ccccc13)CCN(C(CC(C)c1ccc(Cl)c(Cl)c1)NCC(=O)c1ccccc1)C2. The molecule has 2 unspecified atom stereocenters. The summed E-state index contributed by atoms with van der Waals surface area (Å²) in [5.74, 6) is -0.229. The second-order valence-electron chi connectivity index (χ2n) is 10.1. The smallest absolute Gasteiger partial charge is 0.338 e. The quantitative estimate of drug-likeness (QED) is 0.177. The number of ether oxygens (including phenoxy) is 1. The number of pyridine rings is 1. The number of aromatic nitrogens is 1. The topological polar surface area (TPSA) is 71.5 Å². The number of hydrogen-bond acceptors (Lipinski definition) is 6. The molecule has 3 aromatic carbocycles. The first-order chi connectivity index (χ1) is 19.4. The first kappa shape index (κ1) is 28.2. The van der Waals surface area contributed by atoms with Gasteiger partial charge in [-0.05, 0) is 36.1 Å². The lowest BCUT2D eigenvalue weighted by Gasteiger charge is -2.37. The summed E-state index contributed by atoms with van der Waals surface area (Å²) >= 11 is 12.5. The van der Waals surface area contributed by atoms with Gasteiger partial charge in [-0.25, -0.2) is 4.79 Å². The van der Waals surface area contributed by atoms with Crippen LogP contribution in [0.1, 0.15) is 56.8 Å². The van der Waals surface area contributed by atoms with Gasteiger partial charge in [-0.1, -0.05) is 84.7 Å². The van der Waals surface area contributed by atoms with E-state index in [-0.39, 0.29) is 30.4 Å². The fourth-order valence-electron chi connectivity index (χ4n) is 5.40. The minimum Gasteiger partial charge on any atom is -0.465 e. The molecule has 0 fully saturated rings. The van der Waals surface area contributed by atoms with Gasteiger partial charge in [-0.2, -0.15) is 0 Å². The van der Waals surface area contributed by atoms with Crippen molar-refractivity contribution in [3.05, 3.63) is 111 Å². The highest BCUT2D eigenvalue weighted by atomic mass is 35.5. The number of carbonyl (C=O) groups excluding carboxylic acids is 2. The van der Waals surface area contributed by atoms with Gasteiger partial charge in [0.15, 0.2) is 5.78 Å². The molecule has 0 saturated heterocycles. The minimum atomic E-state index is -0.371. The Bertz CT molecular complexity index is 1540. The average molecular weight is 577 g/mol. The third-order valence-electron chi connectivity index (χ3n) is 7.59. The summed E-state index contributed by atoms with van der Waals surface area (Å²) in [7, 11) is 1.41. The first-order valence-corrected chi connectivity index (χ1v) is 14.1. The Morgan fingerprint density at radius 3 is 2.52 bits per heavy atom. The van der Waals surface area contributed by atoms with Gasteiger partial charge in [0.25, 0.3) is 0 Å². The number of hydrogen-bond donors (Lipinski definition) is 1. The zero-order valence-electron chi connectivity index (χ0n) is 22.5. The Labute approximate surface area is 244 Å². The molecule has 4 aromatic rings. The molecule has 0 aliphatic carbocycles. The molecule has 2 atom stereocenters. The van der Waals surface area contributed by atoms with Crippen molar-refractivity contribution in [3.63, 3.8) is 0 Å². The molecule has 0 bridgehead atoms. The molecular formula is C32H31Cl2N3O3. The van der Waals surface area contributed by atoms with Gasteiger partial charge in [0.1, 0.15) is 0 Å². The van der Waals surface area contributed by atoms with Crippen LogP contribution in [-0.4, -0.2) is 48.0 Å². The minimum absolute atomic E-state index is 0.0214. The third kappa shape index (κ3) is 6.06. The number of halogens is 2. The Hall–Kier alpha value is -3.29. The van der Waals surface area contributed by atoms with E-state index >= 15 is 0 Å². The van der Waals surface area contributed by atoms with Crippen LogP contribution in [-0.2, 0) is 17.7 Å². The summed E-state index contributed by atoms with van der Waals surface area (Å²) in [6.45, 7) is 3.55. The number of Topliss-reactive ketones (excluding diaryl/α,β-unsaturated/α-hetero) is 1. The summed E-state index contributed by atoms with van der Waals surface area (Å²) in [5, 5.41) is 5.34. The van der Waals surface area contributed by atoms with Crippen LogP contribution < -0.4 is 5.32 Å². The molecule has 1 N–H and O–H groups in total. The van der Waals surface area contributed by atoms with E-state index in [1.54, 1.807) is 0 Å². The Morgan fingerprint density at radius 1 is 1.02 bits per heavy atom. The van der Waals surface area contributed by atoms with Crippen LogP contribution >= 0.6 is 23.2 Å². The largest absolute Gasteiger partial charge is 0.465 e. The number of methoxy groups -OCH3 is 1. The van der Waals surface area contributed by atoms with E-state index in [1.165, 1.54) is 7.11 Å². The van der Waals surface area contributed by atoms with Gasteiger partial charge in [-0.3, -0.25) is 20.0 Å². The van der Waals surface area contributed by atoms with Crippen LogP contribution in [0.5, 0.6) is 0 Å². The lowest BCUT2D eigenvalue weighted by atomic mass is 9.92. The molecule has 1 aliphatic rings. The molecule has 5 rings (SSSR count). The molecule has 1 aliphatic heterocycles. The van der Waals surface area contributed by atoms with E-state index in [9.17, 15) is 9.59 Å². The van der Waals surface area contributed by atoms with Crippen molar-refractivity contribution in [1.82, 2.24) is 15.2 Å². The van der Waals surface area contributed by atoms with Crippen molar-refractivity contribution in [1.29, 1.82) is 0 Å². The normalized spacial score (nSPS) is 14.9. The van der Waals surface area contributed by atoms with Gasteiger partial charge in [0.05, 0.1) is 40.9 Å². The molecular weight excluding hydrogens is 545 g/mol. The Morgan fingerprint density at radius 2 is 1.77 bits per heavy atom. The number of benzene rings is 3. The van der Waals surface area contributed by atoms with Gasteiger partial charge in [0, 0.05) is 41.7 Å². The maximum absolute atomic E-state index is 13.0. The predicted molar refractivity (Wildman–Crippen MR) is 159 cm³/mol. The number of rotatable bonds is 9. The molecule has 0 amide bonds. The standard InChI is InChI=1S/C32H31Cl2N3O3/c1-20(22-12-13-25(33)26(34)17-22)16-30(35-18-29(38)21-8-4-3-5-9-21)37-15-14-28-24(19-37)31(32(39)40-2)23-10-6-7-11-27(23)36-28/h3-13,17,20,30,35H,14-16,18-19H2,1-2H3. The van der Waals surface area contributed by atoms with Crippen LogP contribution in [0, 0.1) is 0 Å². The molecule has 206 valence electrons. The third-order valence-corrected chi connectivity index (χ3v) is 8.33. The van der Waals surface area contributed by atoms with Crippen LogP contribution in [0.3, 0.4) is 0 Å². The monoisotopic (exact) mass is 575 g/mol. The second-order valence-corrected chi connectivity index (χ2v) is 11.0. The maximum Gasteiger partial charge on any atom is 0.338 e. The highest BCUT2D eigenvalue weighted by Crippen LogP contribution is 2.32. The second kappa shape index (κ2) is 12.5. The molecule has 1 aromatic heterocycles. The molecule has 40 heavy (non-hydrogen) atoms. The van der Waals surface area contributed by atoms with E-state index in [2.05, 4.69) is 17.1 Å². The fourth-order valence-corrected chi connectivity index (χ4v) is 5.71. The van der Waals surface area contributed by atoms with Crippen molar-refractivity contribution < 1.29 is 14.3 Å². The highest BCUT2D eigenvalue weighted by Gasteiger charge is 2.31. The highest BCUT2D eigenvalue weighted by molar-refractivity contribution is 6.42. The molecule has 2 heterocycles. The maximum atomic E-state index is 13.0. The zero-order chi connectivity index (χ0) is 28.2. The van der Waals surface area contributed by atoms with E-state index in [4.69, 9.17) is 32.9 Å². The summed E-state index contributed by atoms with van der Waals surface area (Å²) in [6, 6.07) is 22.6.